The third-order valence-electron chi connectivity index (χ3n) is 2.57. The zero-order valence-electron chi connectivity index (χ0n) is 10.3. The van der Waals surface area contributed by atoms with Crippen molar-refractivity contribution in [3.05, 3.63) is 53.6 Å². The quantitative estimate of drug-likeness (QED) is 0.777. The predicted molar refractivity (Wildman–Crippen MR) is 72.0 cm³/mol. The van der Waals surface area contributed by atoms with Gasteiger partial charge in [0, 0.05) is 24.5 Å². The van der Waals surface area contributed by atoms with E-state index in [2.05, 4.69) is 9.97 Å². The zero-order chi connectivity index (χ0) is 12.8. The van der Waals surface area contributed by atoms with Gasteiger partial charge in [0.25, 0.3) is 0 Å². The standard InChI is InChI=1S/C14H15ClN2O/c1-11-4-5-14(13(9-15)17-11)18-8-6-12-3-2-7-16-10-12/h2-5,7,10H,6,8-9H2,1H3. The number of aryl methyl sites for hydroxylation is 1. The maximum absolute atomic E-state index is 5.85. The van der Waals surface area contributed by atoms with Gasteiger partial charge in [-0.3, -0.25) is 9.97 Å². The maximum atomic E-state index is 5.85. The number of ether oxygens (including phenoxy) is 1. The van der Waals surface area contributed by atoms with Crippen molar-refractivity contribution in [2.24, 2.45) is 0 Å². The highest BCUT2D eigenvalue weighted by Crippen LogP contribution is 2.19. The van der Waals surface area contributed by atoms with Crippen molar-refractivity contribution < 1.29 is 4.74 Å². The lowest BCUT2D eigenvalue weighted by Crippen LogP contribution is -2.04. The topological polar surface area (TPSA) is 35.0 Å². The summed E-state index contributed by atoms with van der Waals surface area (Å²) >= 11 is 5.85. The largest absolute Gasteiger partial charge is 0.491 e. The number of rotatable bonds is 5. The van der Waals surface area contributed by atoms with Gasteiger partial charge in [-0.2, -0.15) is 0 Å². The van der Waals surface area contributed by atoms with Gasteiger partial charge < -0.3 is 4.74 Å². The molecular weight excluding hydrogens is 248 g/mol. The Labute approximate surface area is 112 Å². The van der Waals surface area contributed by atoms with Crippen molar-refractivity contribution in [2.45, 2.75) is 19.2 Å². The van der Waals surface area contributed by atoms with Crippen molar-refractivity contribution in [1.82, 2.24) is 9.97 Å². The van der Waals surface area contributed by atoms with Crippen molar-refractivity contribution in [3.63, 3.8) is 0 Å². The number of alkyl halides is 1. The fourth-order valence-corrected chi connectivity index (χ4v) is 1.84. The van der Waals surface area contributed by atoms with Crippen molar-refractivity contribution in [2.75, 3.05) is 6.61 Å². The summed E-state index contributed by atoms with van der Waals surface area (Å²) in [6, 6.07) is 7.80. The molecule has 2 aromatic rings. The first-order valence-electron chi connectivity index (χ1n) is 5.84. The number of hydrogen-bond acceptors (Lipinski definition) is 3. The molecule has 94 valence electrons. The number of halogens is 1. The van der Waals surface area contributed by atoms with Gasteiger partial charge in [-0.05, 0) is 30.7 Å². The molecule has 0 aliphatic heterocycles. The Morgan fingerprint density at radius 1 is 1.28 bits per heavy atom. The molecule has 4 heteroatoms. The molecular formula is C14H15ClN2O. The van der Waals surface area contributed by atoms with Gasteiger partial charge in [0.05, 0.1) is 18.2 Å². The Hall–Kier alpha value is -1.61. The van der Waals surface area contributed by atoms with Gasteiger partial charge >= 0.3 is 0 Å². The van der Waals surface area contributed by atoms with Crippen LogP contribution in [0.1, 0.15) is 17.0 Å². The Morgan fingerprint density at radius 2 is 2.17 bits per heavy atom. The monoisotopic (exact) mass is 262 g/mol. The van der Waals surface area contributed by atoms with Gasteiger partial charge in [-0.25, -0.2) is 0 Å². The first-order chi connectivity index (χ1) is 8.79. The molecule has 0 unspecified atom stereocenters. The Balaban J connectivity index is 1.94. The van der Waals surface area contributed by atoms with Crippen LogP contribution in [0.3, 0.4) is 0 Å². The molecule has 0 aliphatic carbocycles. The molecule has 0 spiro atoms. The van der Waals surface area contributed by atoms with E-state index in [4.69, 9.17) is 16.3 Å². The summed E-state index contributed by atoms with van der Waals surface area (Å²) in [5, 5.41) is 0. The van der Waals surface area contributed by atoms with Gasteiger partial charge in [0.1, 0.15) is 5.75 Å². The van der Waals surface area contributed by atoms with E-state index in [9.17, 15) is 0 Å². The molecule has 2 aromatic heterocycles. The second kappa shape index (κ2) is 6.36. The van der Waals surface area contributed by atoms with Gasteiger partial charge in [-0.15, -0.1) is 11.6 Å². The lowest BCUT2D eigenvalue weighted by atomic mass is 10.2. The number of nitrogens with zero attached hydrogens (tertiary/aromatic N) is 2. The van der Waals surface area contributed by atoms with Crippen LogP contribution in [0.5, 0.6) is 5.75 Å². The predicted octanol–water partition coefficient (Wildman–Crippen LogP) is 3.15. The van der Waals surface area contributed by atoms with Gasteiger partial charge in [0.2, 0.25) is 0 Å². The van der Waals surface area contributed by atoms with Crippen LogP contribution in [0.4, 0.5) is 0 Å². The number of hydrogen-bond donors (Lipinski definition) is 0. The molecule has 0 N–H and O–H groups in total. The van der Waals surface area contributed by atoms with Crippen LogP contribution in [-0.2, 0) is 12.3 Å². The summed E-state index contributed by atoms with van der Waals surface area (Å²) in [6.45, 7) is 2.54. The van der Waals surface area contributed by atoms with E-state index in [1.807, 2.05) is 37.4 Å². The van der Waals surface area contributed by atoms with Crippen LogP contribution in [0.15, 0.2) is 36.7 Å². The minimum atomic E-state index is 0.365. The molecule has 0 aliphatic rings. The fraction of sp³-hybridized carbons (Fsp3) is 0.286. The number of aromatic nitrogens is 2. The molecule has 0 fully saturated rings. The van der Waals surface area contributed by atoms with Crippen molar-refractivity contribution >= 4 is 11.6 Å². The zero-order valence-corrected chi connectivity index (χ0v) is 11.0. The average Bonchev–Trinajstić information content (AvgIpc) is 2.41. The summed E-state index contributed by atoms with van der Waals surface area (Å²) in [6.07, 6.45) is 4.43. The number of pyridine rings is 2. The summed E-state index contributed by atoms with van der Waals surface area (Å²) < 4.78 is 5.71. The van der Waals surface area contributed by atoms with Gasteiger partial charge in [0.15, 0.2) is 0 Å². The van der Waals surface area contributed by atoms with Crippen LogP contribution < -0.4 is 4.74 Å². The first-order valence-corrected chi connectivity index (χ1v) is 6.37. The molecule has 2 rings (SSSR count). The molecule has 0 bridgehead atoms. The minimum Gasteiger partial charge on any atom is -0.491 e. The Bertz CT molecular complexity index is 502. The first kappa shape index (κ1) is 12.8. The molecule has 0 radical (unpaired) electrons. The van der Waals surface area contributed by atoms with Crippen LogP contribution in [0.2, 0.25) is 0 Å². The van der Waals surface area contributed by atoms with E-state index in [-0.39, 0.29) is 0 Å². The van der Waals surface area contributed by atoms with Gasteiger partial charge in [-0.1, -0.05) is 6.07 Å². The average molecular weight is 263 g/mol. The molecule has 0 amide bonds. The highest BCUT2D eigenvalue weighted by Gasteiger charge is 2.04. The summed E-state index contributed by atoms with van der Waals surface area (Å²) in [5.74, 6) is 1.13. The SMILES string of the molecule is Cc1ccc(OCCc2cccnc2)c(CCl)n1. The van der Waals surface area contributed by atoms with E-state index in [0.717, 1.165) is 29.1 Å². The normalized spacial score (nSPS) is 10.3. The second-order valence-corrected chi connectivity index (χ2v) is 4.26. The van der Waals surface area contributed by atoms with E-state index in [1.165, 1.54) is 0 Å². The maximum Gasteiger partial charge on any atom is 0.142 e. The molecule has 0 atom stereocenters. The summed E-state index contributed by atoms with van der Waals surface area (Å²) in [5.41, 5.74) is 2.90. The highest BCUT2D eigenvalue weighted by atomic mass is 35.5. The van der Waals surface area contributed by atoms with E-state index in [0.29, 0.717) is 12.5 Å². The molecule has 3 nitrogen and oxygen atoms in total. The molecule has 0 saturated carbocycles. The smallest absolute Gasteiger partial charge is 0.142 e. The summed E-state index contributed by atoms with van der Waals surface area (Å²) in [7, 11) is 0. The van der Waals surface area contributed by atoms with Crippen LogP contribution in [0, 0.1) is 6.92 Å². The molecule has 18 heavy (non-hydrogen) atoms. The lowest BCUT2D eigenvalue weighted by molar-refractivity contribution is 0.317. The Morgan fingerprint density at radius 3 is 2.89 bits per heavy atom. The minimum absolute atomic E-state index is 0.365. The van der Waals surface area contributed by atoms with Crippen LogP contribution in [-0.4, -0.2) is 16.6 Å². The fourth-order valence-electron chi connectivity index (χ4n) is 1.65. The molecule has 0 saturated heterocycles. The van der Waals surface area contributed by atoms with E-state index < -0.39 is 0 Å². The summed E-state index contributed by atoms with van der Waals surface area (Å²) in [4.78, 5) is 8.41. The Kier molecular flexibility index (Phi) is 4.53. The van der Waals surface area contributed by atoms with Crippen molar-refractivity contribution in [3.8, 4) is 5.75 Å². The van der Waals surface area contributed by atoms with E-state index in [1.54, 1.807) is 6.20 Å². The molecule has 0 aromatic carbocycles. The van der Waals surface area contributed by atoms with Crippen LogP contribution in [0.25, 0.3) is 0 Å². The lowest BCUT2D eigenvalue weighted by Gasteiger charge is -2.09. The van der Waals surface area contributed by atoms with Crippen LogP contribution >= 0.6 is 11.6 Å². The molecule has 2 heterocycles. The highest BCUT2D eigenvalue weighted by molar-refractivity contribution is 6.17. The van der Waals surface area contributed by atoms with Crippen molar-refractivity contribution in [1.29, 1.82) is 0 Å². The van der Waals surface area contributed by atoms with E-state index >= 15 is 0 Å². The third kappa shape index (κ3) is 3.44. The third-order valence-corrected chi connectivity index (χ3v) is 2.82. The second-order valence-electron chi connectivity index (χ2n) is 3.99.